The smallest absolute Gasteiger partial charge is 0.138 e. The Morgan fingerprint density at radius 3 is 2.53 bits per heavy atom. The lowest BCUT2D eigenvalue weighted by molar-refractivity contribution is -0.118. The fourth-order valence-electron chi connectivity index (χ4n) is 1.89. The third-order valence-corrected chi connectivity index (χ3v) is 3.69. The Morgan fingerprint density at radius 1 is 1.18 bits per heavy atom. The van der Waals surface area contributed by atoms with Gasteiger partial charge in [-0.2, -0.15) is 0 Å². The summed E-state index contributed by atoms with van der Waals surface area (Å²) in [5.41, 5.74) is 1.79. The summed E-state index contributed by atoms with van der Waals surface area (Å²) in [7, 11) is 0. The first kappa shape index (κ1) is 14.4. The molecule has 1 aromatic heterocycles. The standard InChI is InChI=1S/C14H23NOS/c1-2-3-4-5-6-7-8-9-13(16)10-14-11-15-12-17-14/h11-12H,2-10H2,1H3. The average Bonchev–Trinajstić information content (AvgIpc) is 2.80. The number of thiazole rings is 1. The highest BCUT2D eigenvalue weighted by Crippen LogP contribution is 2.11. The molecule has 1 heterocycles. The largest absolute Gasteiger partial charge is 0.299 e. The third-order valence-electron chi connectivity index (χ3n) is 2.91. The molecule has 0 saturated heterocycles. The fourth-order valence-corrected chi connectivity index (χ4v) is 2.51. The van der Waals surface area contributed by atoms with E-state index >= 15 is 0 Å². The van der Waals surface area contributed by atoms with Crippen LogP contribution in [-0.2, 0) is 11.2 Å². The van der Waals surface area contributed by atoms with E-state index in [2.05, 4.69) is 11.9 Å². The number of Topliss-reactive ketones (excluding diaryl/α,β-unsaturated/α-hetero) is 1. The maximum Gasteiger partial charge on any atom is 0.138 e. The molecule has 0 aliphatic carbocycles. The molecule has 0 aliphatic rings. The van der Waals surface area contributed by atoms with Gasteiger partial charge in [-0.1, -0.05) is 45.4 Å². The predicted molar refractivity (Wildman–Crippen MR) is 73.4 cm³/mol. The number of rotatable bonds is 10. The van der Waals surface area contributed by atoms with Gasteiger partial charge in [0.15, 0.2) is 0 Å². The van der Waals surface area contributed by atoms with Gasteiger partial charge in [0.1, 0.15) is 5.78 Å². The molecule has 0 radical (unpaired) electrons. The molecule has 0 bridgehead atoms. The molecule has 0 N–H and O–H groups in total. The number of hydrogen-bond donors (Lipinski definition) is 0. The van der Waals surface area contributed by atoms with Crippen molar-refractivity contribution in [3.05, 3.63) is 16.6 Å². The Bertz CT molecular complexity index is 295. The number of ketones is 1. The number of carbonyl (C=O) groups is 1. The predicted octanol–water partition coefficient (Wildman–Crippen LogP) is 4.40. The van der Waals surface area contributed by atoms with Crippen molar-refractivity contribution in [3.63, 3.8) is 0 Å². The molecule has 2 nitrogen and oxygen atoms in total. The van der Waals surface area contributed by atoms with Crippen LogP contribution < -0.4 is 0 Å². The van der Waals surface area contributed by atoms with Crippen molar-refractivity contribution in [1.29, 1.82) is 0 Å². The van der Waals surface area contributed by atoms with E-state index < -0.39 is 0 Å². The van der Waals surface area contributed by atoms with Crippen molar-refractivity contribution < 1.29 is 4.79 Å². The number of hydrogen-bond acceptors (Lipinski definition) is 3. The molecule has 0 aliphatic heterocycles. The van der Waals surface area contributed by atoms with E-state index in [1.54, 1.807) is 23.0 Å². The van der Waals surface area contributed by atoms with Gasteiger partial charge in [-0.3, -0.25) is 9.78 Å². The highest BCUT2D eigenvalue weighted by atomic mass is 32.1. The van der Waals surface area contributed by atoms with Crippen molar-refractivity contribution in [2.24, 2.45) is 0 Å². The van der Waals surface area contributed by atoms with Crippen molar-refractivity contribution in [2.75, 3.05) is 0 Å². The third kappa shape index (κ3) is 7.27. The lowest BCUT2D eigenvalue weighted by Gasteiger charge is -2.00. The number of unbranched alkanes of at least 4 members (excludes halogenated alkanes) is 6. The van der Waals surface area contributed by atoms with Gasteiger partial charge < -0.3 is 0 Å². The fraction of sp³-hybridized carbons (Fsp3) is 0.714. The van der Waals surface area contributed by atoms with Crippen molar-refractivity contribution in [3.8, 4) is 0 Å². The monoisotopic (exact) mass is 253 g/mol. The van der Waals surface area contributed by atoms with Crippen molar-refractivity contribution in [2.45, 2.75) is 64.7 Å². The van der Waals surface area contributed by atoms with Crippen LogP contribution in [0.5, 0.6) is 0 Å². The molecular weight excluding hydrogens is 230 g/mol. The van der Waals surface area contributed by atoms with Gasteiger partial charge in [0, 0.05) is 23.9 Å². The van der Waals surface area contributed by atoms with Crippen LogP contribution in [0.25, 0.3) is 0 Å². The first-order valence-electron chi connectivity index (χ1n) is 6.72. The van der Waals surface area contributed by atoms with Crippen LogP contribution in [0.3, 0.4) is 0 Å². The van der Waals surface area contributed by atoms with Crippen LogP contribution in [0.15, 0.2) is 11.7 Å². The molecule has 1 rings (SSSR count). The van der Waals surface area contributed by atoms with Gasteiger partial charge in [0.2, 0.25) is 0 Å². The highest BCUT2D eigenvalue weighted by molar-refractivity contribution is 7.09. The first-order valence-corrected chi connectivity index (χ1v) is 7.60. The Labute approximate surface area is 108 Å². The summed E-state index contributed by atoms with van der Waals surface area (Å²) >= 11 is 1.57. The molecule has 3 heteroatoms. The second-order valence-corrected chi connectivity index (χ2v) is 5.53. The summed E-state index contributed by atoms with van der Waals surface area (Å²) in [5.74, 6) is 0.364. The van der Waals surface area contributed by atoms with Crippen molar-refractivity contribution in [1.82, 2.24) is 4.98 Å². The van der Waals surface area contributed by atoms with Crippen LogP contribution in [0, 0.1) is 0 Å². The van der Waals surface area contributed by atoms with Crippen molar-refractivity contribution >= 4 is 17.1 Å². The summed E-state index contributed by atoms with van der Waals surface area (Å²) in [4.78, 5) is 16.7. The Hall–Kier alpha value is -0.700. The molecule has 0 unspecified atom stereocenters. The van der Waals surface area contributed by atoms with Gasteiger partial charge in [0.05, 0.1) is 5.51 Å². The van der Waals surface area contributed by atoms with Crippen LogP contribution in [0.2, 0.25) is 0 Å². The molecule has 0 fully saturated rings. The molecule has 0 amide bonds. The lowest BCUT2D eigenvalue weighted by atomic mass is 10.1. The maximum absolute atomic E-state index is 11.6. The van der Waals surface area contributed by atoms with Crippen LogP contribution in [0.4, 0.5) is 0 Å². The Balaban J connectivity index is 1.94. The van der Waals surface area contributed by atoms with E-state index in [0.29, 0.717) is 12.2 Å². The second kappa shape index (κ2) is 9.34. The topological polar surface area (TPSA) is 30.0 Å². The highest BCUT2D eigenvalue weighted by Gasteiger charge is 2.04. The maximum atomic E-state index is 11.6. The minimum atomic E-state index is 0.364. The summed E-state index contributed by atoms with van der Waals surface area (Å²) in [5, 5.41) is 0. The summed E-state index contributed by atoms with van der Waals surface area (Å²) < 4.78 is 0. The first-order chi connectivity index (χ1) is 8.33. The number of nitrogens with zero attached hydrogens (tertiary/aromatic N) is 1. The summed E-state index contributed by atoms with van der Waals surface area (Å²) in [6, 6.07) is 0. The van der Waals surface area contributed by atoms with Crippen LogP contribution >= 0.6 is 11.3 Å². The quantitative estimate of drug-likeness (QED) is 0.579. The summed E-state index contributed by atoms with van der Waals surface area (Å²) in [6.07, 6.45) is 12.0. The molecular formula is C14H23NOS. The zero-order valence-electron chi connectivity index (χ0n) is 10.8. The lowest BCUT2D eigenvalue weighted by Crippen LogP contribution is -2.00. The molecule has 0 aromatic carbocycles. The average molecular weight is 253 g/mol. The Morgan fingerprint density at radius 2 is 1.88 bits per heavy atom. The van der Waals surface area contributed by atoms with Crippen LogP contribution in [-0.4, -0.2) is 10.8 Å². The normalized spacial score (nSPS) is 10.6. The van der Waals surface area contributed by atoms with Gasteiger partial charge in [-0.05, 0) is 6.42 Å². The van der Waals surface area contributed by atoms with Crippen LogP contribution in [0.1, 0.15) is 63.2 Å². The van der Waals surface area contributed by atoms with E-state index in [1.807, 2.05) is 0 Å². The summed E-state index contributed by atoms with van der Waals surface area (Å²) in [6.45, 7) is 2.23. The molecule has 0 atom stereocenters. The van der Waals surface area contributed by atoms with E-state index in [9.17, 15) is 4.79 Å². The second-order valence-electron chi connectivity index (χ2n) is 4.55. The van der Waals surface area contributed by atoms with Gasteiger partial charge in [-0.25, -0.2) is 0 Å². The molecule has 96 valence electrons. The van der Waals surface area contributed by atoms with E-state index in [-0.39, 0.29) is 0 Å². The molecule has 0 saturated carbocycles. The number of carbonyl (C=O) groups excluding carboxylic acids is 1. The van der Waals surface area contributed by atoms with Gasteiger partial charge in [-0.15, -0.1) is 11.3 Å². The minimum absolute atomic E-state index is 0.364. The minimum Gasteiger partial charge on any atom is -0.299 e. The van der Waals surface area contributed by atoms with Gasteiger partial charge in [0.25, 0.3) is 0 Å². The van der Waals surface area contributed by atoms with E-state index in [0.717, 1.165) is 17.7 Å². The number of aromatic nitrogens is 1. The zero-order valence-corrected chi connectivity index (χ0v) is 11.6. The SMILES string of the molecule is CCCCCCCCCC(=O)Cc1cncs1. The van der Waals surface area contributed by atoms with Gasteiger partial charge >= 0.3 is 0 Å². The molecule has 0 spiro atoms. The zero-order chi connectivity index (χ0) is 12.3. The van der Waals surface area contributed by atoms with E-state index in [4.69, 9.17) is 0 Å². The Kier molecular flexibility index (Phi) is 7.89. The molecule has 1 aromatic rings. The molecule has 17 heavy (non-hydrogen) atoms. The van der Waals surface area contributed by atoms with E-state index in [1.165, 1.54) is 38.5 Å².